The number of aliphatic imine (C=N–C) groups is 2. The Labute approximate surface area is 564 Å². The van der Waals surface area contributed by atoms with Crippen molar-refractivity contribution in [1.29, 1.82) is 0 Å². The molecule has 0 bridgehead atoms. The Morgan fingerprint density at radius 2 is 0.674 bits per heavy atom. The third-order valence-corrected chi connectivity index (χ3v) is 17.0. The Balaban J connectivity index is 0.000000241. The summed E-state index contributed by atoms with van der Waals surface area (Å²) in [6.45, 7) is 20.5. The first-order valence-corrected chi connectivity index (χ1v) is 30.8. The molecule has 10 rings (SSSR count). The minimum atomic E-state index is -0.448. The quantitative estimate of drug-likeness (QED) is 0.0584. The van der Waals surface area contributed by atoms with Crippen LogP contribution in [0.5, 0.6) is 0 Å². The molecule has 6 aromatic carbocycles. The minimum absolute atomic E-state index is 0. The third kappa shape index (κ3) is 15.4. The topological polar surface area (TPSA) is 220 Å². The van der Waals surface area contributed by atoms with Gasteiger partial charge in [0.05, 0.1) is 43.8 Å². The number of nitro benzene ring substituents is 2. The molecule has 8 aromatic rings. The van der Waals surface area contributed by atoms with E-state index in [9.17, 15) is 39.4 Å². The molecule has 4 heterocycles. The second-order valence-corrected chi connectivity index (χ2v) is 24.1. The minimum Gasteiger partial charge on any atom is -0.660 e. The van der Waals surface area contributed by atoms with Gasteiger partial charge in [-0.15, -0.1) is 22.8 Å². The molecular weight excluding hydrogens is 1240 g/mol. The van der Waals surface area contributed by atoms with Gasteiger partial charge in [0.2, 0.25) is 0 Å². The van der Waals surface area contributed by atoms with Crippen molar-refractivity contribution in [2.45, 2.75) is 95.4 Å². The van der Waals surface area contributed by atoms with Gasteiger partial charge in [0.1, 0.15) is 0 Å². The molecule has 4 amide bonds. The maximum atomic E-state index is 13.8. The zero-order valence-electron chi connectivity index (χ0n) is 55.9. The first-order chi connectivity index (χ1) is 44.7. The summed E-state index contributed by atoms with van der Waals surface area (Å²) in [7, 11) is 7.00. The number of nitro groups is 2. The summed E-state index contributed by atoms with van der Waals surface area (Å²) in [5.41, 5.74) is 19.3. The number of non-ortho nitro benzene ring substituents is 2. The number of amides is 4. The predicted molar refractivity (Wildman–Crippen MR) is 368 cm³/mol. The molecule has 0 atom stereocenters. The fourth-order valence-electron chi connectivity index (χ4n) is 12.0. The van der Waals surface area contributed by atoms with Crippen molar-refractivity contribution in [1.82, 2.24) is 29.6 Å². The van der Waals surface area contributed by atoms with Crippen LogP contribution in [0.15, 0.2) is 201 Å². The van der Waals surface area contributed by atoms with E-state index in [1.165, 1.54) is 24.3 Å². The Morgan fingerprint density at radius 3 is 0.958 bits per heavy atom. The van der Waals surface area contributed by atoms with Gasteiger partial charge in [-0.1, -0.05) is 170 Å². The molecule has 0 N–H and O–H groups in total. The number of aryl methyl sites for hydroxylation is 4. The van der Waals surface area contributed by atoms with E-state index in [1.807, 2.05) is 178 Å². The summed E-state index contributed by atoms with van der Waals surface area (Å²) in [6, 6.07) is 48.2. The number of likely N-dealkylation sites (N-methyl/N-ethyl adjacent to an activating group) is 2. The third-order valence-electron chi connectivity index (χ3n) is 17.0. The molecule has 0 saturated heterocycles. The normalized spacial score (nSPS) is 13.7. The molecule has 19 heteroatoms. The van der Waals surface area contributed by atoms with Gasteiger partial charge >= 0.3 is 16.8 Å². The molecule has 0 unspecified atom stereocenters. The number of benzene rings is 6. The maximum absolute atomic E-state index is 13.8. The van der Waals surface area contributed by atoms with Crippen molar-refractivity contribution in [2.24, 2.45) is 9.98 Å². The monoisotopic (exact) mass is 1320 g/mol. The number of carbonyl (C=O) groups is 4. The van der Waals surface area contributed by atoms with Crippen molar-refractivity contribution in [2.75, 3.05) is 28.2 Å². The van der Waals surface area contributed by atoms with E-state index in [1.54, 1.807) is 72.1 Å². The molecule has 0 fully saturated rings. The summed E-state index contributed by atoms with van der Waals surface area (Å²) in [4.78, 5) is 103. The fraction of sp³-hybridized carbons (Fsp3) is 0.237. The van der Waals surface area contributed by atoms with Gasteiger partial charge in [-0.05, 0) is 111 Å². The average Bonchev–Trinajstić information content (AvgIpc) is 1.62. The van der Waals surface area contributed by atoms with E-state index < -0.39 is 9.85 Å². The van der Waals surface area contributed by atoms with Crippen LogP contribution in [0.2, 0.25) is 0 Å². The maximum Gasteiger partial charge on any atom is 2.00 e. The average molecular weight is 1320 g/mol. The molecule has 2 aliphatic rings. The largest absolute Gasteiger partial charge is 2.00 e. The summed E-state index contributed by atoms with van der Waals surface area (Å²) in [5, 5.41) is 22.1. The smallest absolute Gasteiger partial charge is 0.660 e. The summed E-state index contributed by atoms with van der Waals surface area (Å²) >= 11 is 0. The van der Waals surface area contributed by atoms with Gasteiger partial charge in [0.15, 0.2) is 0 Å². The van der Waals surface area contributed by atoms with Gasteiger partial charge in [-0.25, -0.2) is 0 Å². The predicted octanol–water partition coefficient (Wildman–Crippen LogP) is 13.9. The molecule has 95 heavy (non-hydrogen) atoms. The van der Waals surface area contributed by atoms with Gasteiger partial charge in [0, 0.05) is 89.8 Å². The summed E-state index contributed by atoms with van der Waals surface area (Å²) in [5.74, 6) is -0.638. The van der Waals surface area contributed by atoms with E-state index in [2.05, 4.69) is 0 Å². The van der Waals surface area contributed by atoms with E-state index in [0.717, 1.165) is 66.8 Å². The number of rotatable bonds is 18. The fourth-order valence-corrected chi connectivity index (χ4v) is 12.0. The zero-order valence-corrected chi connectivity index (χ0v) is 57.0. The molecule has 0 aliphatic carbocycles. The van der Waals surface area contributed by atoms with Gasteiger partial charge in [-0.3, -0.25) is 49.4 Å². The molecule has 2 aromatic heterocycles. The second-order valence-electron chi connectivity index (χ2n) is 24.1. The zero-order chi connectivity index (χ0) is 68.0. The number of nitrogens with zero attached hydrogens (tertiary/aromatic N) is 10. The second kappa shape index (κ2) is 30.0. The van der Waals surface area contributed by atoms with Crippen molar-refractivity contribution in [3.8, 4) is 0 Å². The Bertz CT molecular complexity index is 4190. The Hall–Kier alpha value is -10.6. The van der Waals surface area contributed by atoms with Crippen molar-refractivity contribution in [3.05, 3.63) is 301 Å². The Morgan fingerprint density at radius 1 is 0.400 bits per heavy atom. The Kier molecular flexibility index (Phi) is 22.2. The van der Waals surface area contributed by atoms with Crippen LogP contribution in [0.4, 0.5) is 11.4 Å². The van der Waals surface area contributed by atoms with Crippen LogP contribution >= 0.6 is 0 Å². The van der Waals surface area contributed by atoms with Crippen LogP contribution in [-0.2, 0) is 52.5 Å². The number of hydrogen-bond acceptors (Lipinski definition) is 10. The van der Waals surface area contributed by atoms with Crippen LogP contribution in [0.3, 0.4) is 0 Å². The van der Waals surface area contributed by atoms with E-state index in [4.69, 9.17) is 20.0 Å². The molecule has 18 nitrogen and oxygen atoms in total. The van der Waals surface area contributed by atoms with E-state index in [0.29, 0.717) is 92.1 Å². The van der Waals surface area contributed by atoms with Crippen molar-refractivity contribution in [3.63, 3.8) is 0 Å². The number of hydrogen-bond donors (Lipinski definition) is 0. The van der Waals surface area contributed by atoms with Crippen molar-refractivity contribution >= 4 is 57.6 Å². The van der Waals surface area contributed by atoms with Crippen molar-refractivity contribution < 1.29 is 45.8 Å². The molecule has 487 valence electrons. The van der Waals surface area contributed by atoms with Gasteiger partial charge in [-0.2, -0.15) is 0 Å². The molecule has 0 saturated carbocycles. The first kappa shape index (κ1) is 70.2. The van der Waals surface area contributed by atoms with Crippen LogP contribution in [0, 0.1) is 61.8 Å². The SMILES string of the molecule is CC1=N/C(=C(/c2ccccc2)c2[n-]c(C)c(C(=O)N(C)Cc3ccc(C)cc3)c2C)C(C)=C1C(=O)N(C)Cc1ccc([N+](=O)[O-])cc1.CC1=N/C(=C(/c2ccccc2)c2[n-]c(C)c(C(=O)N(C)Cc3ccc(C)cc3)c2C)C(C)=C1C(=O)N(C)Cc1ccc([N+](=O)[O-])cc1.[Co+2]. The number of aromatic nitrogens is 2. The van der Waals surface area contributed by atoms with Crippen LogP contribution in [0.25, 0.3) is 11.1 Å². The van der Waals surface area contributed by atoms with E-state index >= 15 is 0 Å². The molecule has 1 radical (unpaired) electrons. The van der Waals surface area contributed by atoms with Gasteiger partial charge < -0.3 is 29.6 Å². The molecular formula is C76H76CoN10O8. The molecule has 0 spiro atoms. The standard InChI is InChI=1S/2C38H39N5O4.Co/c2*1-23-13-15-28(16-14-23)21-41(6)37(44)32-24(2)35(39-26(32)4)34(30-11-9-8-10-12-30)36-25(3)33(27(5)40-36)38(45)42(7)22-29-17-19-31(20-18-29)43(46)47;/h2*8-20H,21-22H2,1-7H3,(H,39,40,44,45);/q;;+2/p-2. The van der Waals surface area contributed by atoms with Crippen LogP contribution < -0.4 is 9.97 Å². The van der Waals surface area contributed by atoms with Gasteiger partial charge in [0.25, 0.3) is 35.0 Å². The van der Waals surface area contributed by atoms with E-state index in [-0.39, 0.29) is 64.9 Å². The first-order valence-electron chi connectivity index (χ1n) is 30.8. The summed E-state index contributed by atoms with van der Waals surface area (Å²) < 4.78 is 0. The number of carbonyl (C=O) groups excluding carboxylic acids is 4. The van der Waals surface area contributed by atoms with Crippen LogP contribution in [-0.4, -0.2) is 92.7 Å². The summed E-state index contributed by atoms with van der Waals surface area (Å²) in [6.07, 6.45) is 0. The number of allylic oxidation sites excluding steroid dienone is 2. The molecule has 2 aliphatic heterocycles. The van der Waals surface area contributed by atoms with Crippen LogP contribution in [0.1, 0.15) is 127 Å².